The molecule has 1 heterocycles. The van der Waals surface area contributed by atoms with Crippen molar-refractivity contribution >= 4 is 49.6 Å². The number of benzene rings is 8. The molecule has 0 aliphatic carbocycles. The van der Waals surface area contributed by atoms with Crippen LogP contribution < -0.4 is 4.90 Å². The lowest BCUT2D eigenvalue weighted by atomic mass is 9.80. The normalized spacial score (nSPS) is 12.1. The molecule has 2 heteroatoms. The third kappa shape index (κ3) is 6.26. The molecule has 0 N–H and O–H groups in total. The van der Waals surface area contributed by atoms with Gasteiger partial charge in [0.05, 0.1) is 16.7 Å². The highest BCUT2D eigenvalue weighted by Crippen LogP contribution is 2.47. The molecule has 0 atom stereocenters. The van der Waals surface area contributed by atoms with E-state index < -0.39 is 0 Å². The molecular weight excluding hydrogens is 677 g/mol. The van der Waals surface area contributed by atoms with Crippen molar-refractivity contribution in [3.05, 3.63) is 193 Å². The number of nitrogens with zero attached hydrogens (tertiary/aromatic N) is 2. The van der Waals surface area contributed by atoms with Crippen molar-refractivity contribution in [2.75, 3.05) is 4.90 Å². The molecule has 9 aromatic rings. The maximum atomic E-state index is 2.51. The summed E-state index contributed by atoms with van der Waals surface area (Å²) in [5.41, 5.74) is 14.3. The fourth-order valence-corrected chi connectivity index (χ4v) is 8.31. The molecule has 0 saturated carbocycles. The van der Waals surface area contributed by atoms with E-state index in [1.165, 1.54) is 66.0 Å². The molecule has 0 saturated heterocycles. The molecule has 0 amide bonds. The number of rotatable bonds is 6. The molecule has 0 aliphatic rings. The van der Waals surface area contributed by atoms with E-state index in [0.29, 0.717) is 0 Å². The predicted octanol–water partition coefficient (Wildman–Crippen LogP) is 15.3. The van der Waals surface area contributed by atoms with E-state index in [9.17, 15) is 0 Å². The number of anilines is 3. The van der Waals surface area contributed by atoms with Gasteiger partial charge in [-0.1, -0.05) is 175 Å². The van der Waals surface area contributed by atoms with Crippen LogP contribution in [0.5, 0.6) is 0 Å². The number of fused-ring (bicyclic) bond motifs is 4. The molecule has 56 heavy (non-hydrogen) atoms. The summed E-state index contributed by atoms with van der Waals surface area (Å²) in [7, 11) is 0. The average molecular weight is 725 g/mol. The van der Waals surface area contributed by atoms with E-state index in [1.54, 1.807) is 0 Å². The van der Waals surface area contributed by atoms with Crippen LogP contribution in [0.2, 0.25) is 0 Å². The summed E-state index contributed by atoms with van der Waals surface area (Å²) in [6, 6.07) is 67.0. The maximum absolute atomic E-state index is 2.51. The van der Waals surface area contributed by atoms with Gasteiger partial charge in [-0.2, -0.15) is 0 Å². The van der Waals surface area contributed by atoms with Gasteiger partial charge in [-0.05, 0) is 98.0 Å². The van der Waals surface area contributed by atoms with Gasteiger partial charge in [0.1, 0.15) is 0 Å². The number of hydrogen-bond acceptors (Lipinski definition) is 1. The zero-order chi connectivity index (χ0) is 38.6. The summed E-state index contributed by atoms with van der Waals surface area (Å²) >= 11 is 0. The topological polar surface area (TPSA) is 8.17 Å². The van der Waals surface area contributed by atoms with Crippen molar-refractivity contribution in [1.82, 2.24) is 4.57 Å². The van der Waals surface area contributed by atoms with E-state index in [4.69, 9.17) is 0 Å². The second kappa shape index (κ2) is 13.7. The van der Waals surface area contributed by atoms with Gasteiger partial charge in [-0.15, -0.1) is 0 Å². The first-order valence-corrected chi connectivity index (χ1v) is 19.8. The Balaban J connectivity index is 1.37. The van der Waals surface area contributed by atoms with E-state index in [-0.39, 0.29) is 10.8 Å². The van der Waals surface area contributed by atoms with Gasteiger partial charge < -0.3 is 9.47 Å². The van der Waals surface area contributed by atoms with Crippen LogP contribution in [0.4, 0.5) is 17.1 Å². The third-order valence-corrected chi connectivity index (χ3v) is 11.3. The minimum Gasteiger partial charge on any atom is -0.310 e. The van der Waals surface area contributed by atoms with E-state index in [0.717, 1.165) is 22.7 Å². The maximum Gasteiger partial charge on any atom is 0.0561 e. The Hall–Kier alpha value is -6.38. The quantitative estimate of drug-likeness (QED) is 0.166. The lowest BCUT2D eigenvalue weighted by Gasteiger charge is -2.32. The molecule has 8 aromatic carbocycles. The van der Waals surface area contributed by atoms with E-state index >= 15 is 0 Å². The van der Waals surface area contributed by atoms with Crippen LogP contribution in [-0.2, 0) is 10.8 Å². The van der Waals surface area contributed by atoms with Gasteiger partial charge in [-0.3, -0.25) is 0 Å². The largest absolute Gasteiger partial charge is 0.310 e. The Labute approximate surface area is 331 Å². The molecule has 2 nitrogen and oxygen atoms in total. The number of aromatic nitrogens is 1. The Kier molecular flexibility index (Phi) is 8.66. The Morgan fingerprint density at radius 2 is 0.982 bits per heavy atom. The highest BCUT2D eigenvalue weighted by atomic mass is 15.1. The van der Waals surface area contributed by atoms with Gasteiger partial charge >= 0.3 is 0 Å². The first-order valence-electron chi connectivity index (χ1n) is 19.8. The standard InChI is InChI=1S/C54H48N2/c1-53(2,3)39-33-40(54(4,5)6)35-43(34-39)55(42-31-32-47-45-25-13-16-30-50(45)56(51(47)36-42)41-23-11-8-12-24-41)49-29-15-14-26-46(49)48-28-18-22-38-21-17-27-44(52(38)48)37-19-9-7-10-20-37/h7-36H,1-6H3. The smallest absolute Gasteiger partial charge is 0.0561 e. The van der Waals surface area contributed by atoms with Crippen molar-refractivity contribution in [1.29, 1.82) is 0 Å². The van der Waals surface area contributed by atoms with Crippen LogP contribution in [0.15, 0.2) is 182 Å². The van der Waals surface area contributed by atoms with Gasteiger partial charge in [-0.25, -0.2) is 0 Å². The monoisotopic (exact) mass is 724 g/mol. The predicted molar refractivity (Wildman–Crippen MR) is 241 cm³/mol. The summed E-state index contributed by atoms with van der Waals surface area (Å²) in [6.45, 7) is 13.9. The summed E-state index contributed by atoms with van der Waals surface area (Å²) in [5.74, 6) is 0. The van der Waals surface area contributed by atoms with Crippen molar-refractivity contribution in [2.24, 2.45) is 0 Å². The Morgan fingerprint density at radius 1 is 0.411 bits per heavy atom. The van der Waals surface area contributed by atoms with Gasteiger partial charge in [0.2, 0.25) is 0 Å². The summed E-state index contributed by atoms with van der Waals surface area (Å²) in [6.07, 6.45) is 0. The van der Waals surface area contributed by atoms with Gasteiger partial charge in [0.15, 0.2) is 0 Å². The summed E-state index contributed by atoms with van der Waals surface area (Å²) in [4.78, 5) is 2.51. The highest BCUT2D eigenvalue weighted by Gasteiger charge is 2.26. The molecule has 274 valence electrons. The molecule has 0 spiro atoms. The fraction of sp³-hybridized carbons (Fsp3) is 0.148. The second-order valence-corrected chi connectivity index (χ2v) is 17.1. The first-order chi connectivity index (χ1) is 27.1. The first kappa shape index (κ1) is 35.3. The Bertz CT molecular complexity index is 2830. The third-order valence-electron chi connectivity index (χ3n) is 11.3. The molecule has 0 radical (unpaired) electrons. The molecule has 0 bridgehead atoms. The van der Waals surface area contributed by atoms with Crippen LogP contribution >= 0.6 is 0 Å². The Morgan fingerprint density at radius 3 is 1.68 bits per heavy atom. The zero-order valence-electron chi connectivity index (χ0n) is 33.2. The van der Waals surface area contributed by atoms with E-state index in [1.807, 2.05) is 0 Å². The fourth-order valence-electron chi connectivity index (χ4n) is 8.31. The van der Waals surface area contributed by atoms with Crippen molar-refractivity contribution in [2.45, 2.75) is 52.4 Å². The van der Waals surface area contributed by atoms with Crippen LogP contribution in [0.3, 0.4) is 0 Å². The summed E-state index contributed by atoms with van der Waals surface area (Å²) < 4.78 is 2.42. The molecule has 0 fully saturated rings. The minimum absolute atomic E-state index is 0.0505. The highest BCUT2D eigenvalue weighted by molar-refractivity contribution is 6.11. The minimum atomic E-state index is -0.0505. The van der Waals surface area contributed by atoms with Gasteiger partial charge in [0.25, 0.3) is 0 Å². The molecular formula is C54H48N2. The average Bonchev–Trinajstić information content (AvgIpc) is 3.54. The van der Waals surface area contributed by atoms with Crippen molar-refractivity contribution in [3.63, 3.8) is 0 Å². The summed E-state index contributed by atoms with van der Waals surface area (Å²) in [5, 5.41) is 4.97. The van der Waals surface area contributed by atoms with Crippen molar-refractivity contribution < 1.29 is 0 Å². The molecule has 9 rings (SSSR count). The van der Waals surface area contributed by atoms with Crippen LogP contribution in [0.25, 0.3) is 60.5 Å². The van der Waals surface area contributed by atoms with Gasteiger partial charge in [0, 0.05) is 33.4 Å². The second-order valence-electron chi connectivity index (χ2n) is 17.1. The van der Waals surface area contributed by atoms with Crippen LogP contribution in [0, 0.1) is 0 Å². The number of para-hydroxylation sites is 3. The van der Waals surface area contributed by atoms with Crippen LogP contribution in [-0.4, -0.2) is 4.57 Å². The molecule has 1 aromatic heterocycles. The molecule has 0 unspecified atom stereocenters. The molecule has 0 aliphatic heterocycles. The lowest BCUT2D eigenvalue weighted by molar-refractivity contribution is 0.569. The number of hydrogen-bond donors (Lipinski definition) is 0. The van der Waals surface area contributed by atoms with E-state index in [2.05, 4.69) is 233 Å². The SMILES string of the molecule is CC(C)(C)c1cc(N(c2ccc3c4ccccc4n(-c4ccccc4)c3c2)c2ccccc2-c2cccc3cccc(-c4ccccc4)c23)cc(C(C)(C)C)c1. The lowest BCUT2D eigenvalue weighted by Crippen LogP contribution is -2.19. The van der Waals surface area contributed by atoms with Crippen LogP contribution in [0.1, 0.15) is 52.7 Å². The zero-order valence-corrected chi connectivity index (χ0v) is 33.2. The van der Waals surface area contributed by atoms with Crippen molar-refractivity contribution in [3.8, 4) is 27.9 Å².